The van der Waals surface area contributed by atoms with Gasteiger partial charge in [-0.2, -0.15) is 0 Å². The van der Waals surface area contributed by atoms with Crippen LogP contribution in [0.3, 0.4) is 0 Å². The van der Waals surface area contributed by atoms with E-state index in [0.29, 0.717) is 13.2 Å². The van der Waals surface area contributed by atoms with Gasteiger partial charge >= 0.3 is 0 Å². The van der Waals surface area contributed by atoms with E-state index in [1.807, 2.05) is 24.3 Å². The number of hydrogen-bond acceptors (Lipinski definition) is 3. The number of piperazine rings is 1. The van der Waals surface area contributed by atoms with Crippen LogP contribution in [0.5, 0.6) is 5.75 Å². The first-order chi connectivity index (χ1) is 10.1. The Labute approximate surface area is 124 Å². The van der Waals surface area contributed by atoms with Gasteiger partial charge in [0, 0.05) is 12.5 Å². The first-order valence-corrected chi connectivity index (χ1v) is 7.40. The molecule has 112 valence electrons. The Balaban J connectivity index is 1.83. The summed E-state index contributed by atoms with van der Waals surface area (Å²) in [5, 5.41) is 2.71. The second-order valence-electron chi connectivity index (χ2n) is 5.77. The summed E-state index contributed by atoms with van der Waals surface area (Å²) in [7, 11) is 0. The lowest BCUT2D eigenvalue weighted by Crippen LogP contribution is -2.62. The number of para-hydroxylation sites is 1. The molecule has 3 unspecified atom stereocenters. The molecular weight excluding hydrogens is 268 g/mol. The monoisotopic (exact) mass is 288 g/mol. The molecule has 0 spiro atoms. The lowest BCUT2D eigenvalue weighted by atomic mass is 9.91. The van der Waals surface area contributed by atoms with Crippen LogP contribution in [0.15, 0.2) is 24.3 Å². The van der Waals surface area contributed by atoms with Crippen LogP contribution < -0.4 is 10.1 Å². The summed E-state index contributed by atoms with van der Waals surface area (Å²) in [5.74, 6) is 1.02. The van der Waals surface area contributed by atoms with Crippen LogP contribution in [0.1, 0.15) is 31.7 Å². The smallest absolute Gasteiger partial charge is 0.245 e. The summed E-state index contributed by atoms with van der Waals surface area (Å²) in [6.07, 6.45) is 0.865. The zero-order valence-electron chi connectivity index (χ0n) is 12.3. The van der Waals surface area contributed by atoms with Gasteiger partial charge in [-0.3, -0.25) is 9.59 Å². The van der Waals surface area contributed by atoms with Gasteiger partial charge in [0.05, 0.1) is 6.61 Å². The van der Waals surface area contributed by atoms with Gasteiger partial charge in [0.25, 0.3) is 0 Å². The van der Waals surface area contributed by atoms with Crippen molar-refractivity contribution in [1.82, 2.24) is 10.2 Å². The lowest BCUT2D eigenvalue weighted by Gasteiger charge is -2.39. The van der Waals surface area contributed by atoms with E-state index in [0.717, 1.165) is 17.7 Å². The number of carbonyl (C=O) groups excluding carboxylic acids is 2. The number of amides is 2. The van der Waals surface area contributed by atoms with Crippen LogP contribution in [0.2, 0.25) is 0 Å². The molecule has 0 radical (unpaired) electrons. The number of rotatable bonds is 2. The highest BCUT2D eigenvalue weighted by Gasteiger charge is 2.37. The Morgan fingerprint density at radius 1 is 1.29 bits per heavy atom. The predicted molar refractivity (Wildman–Crippen MR) is 78.1 cm³/mol. The molecule has 1 aromatic carbocycles. The van der Waals surface area contributed by atoms with Crippen molar-refractivity contribution in [3.8, 4) is 5.75 Å². The van der Waals surface area contributed by atoms with Gasteiger partial charge in [-0.25, -0.2) is 0 Å². The fraction of sp³-hybridized carbons (Fsp3) is 0.500. The molecule has 5 heteroatoms. The molecule has 0 aromatic heterocycles. The van der Waals surface area contributed by atoms with Crippen LogP contribution in [0.25, 0.3) is 0 Å². The average molecular weight is 288 g/mol. The van der Waals surface area contributed by atoms with E-state index in [9.17, 15) is 9.59 Å². The number of benzene rings is 1. The molecule has 2 heterocycles. The first-order valence-electron chi connectivity index (χ1n) is 7.40. The maximum atomic E-state index is 12.3. The number of carbonyl (C=O) groups is 2. The van der Waals surface area contributed by atoms with Gasteiger partial charge in [0.15, 0.2) is 0 Å². The number of hydrogen-bond donors (Lipinski definition) is 1. The molecule has 3 atom stereocenters. The minimum atomic E-state index is -0.441. The molecule has 0 saturated carbocycles. The number of nitrogens with zero attached hydrogens (tertiary/aromatic N) is 1. The second kappa shape index (κ2) is 5.39. The van der Waals surface area contributed by atoms with E-state index in [2.05, 4.69) is 5.32 Å². The van der Waals surface area contributed by atoms with Crippen LogP contribution in [-0.2, 0) is 9.59 Å². The lowest BCUT2D eigenvalue weighted by molar-refractivity contribution is -0.148. The standard InChI is InChI=1S/C16H20N2O3/c1-10-16(20)18(11(2)15(19)17-10)9-12-7-8-21-14-6-4-3-5-13(12)14/h3-6,10-12H,7-9H2,1-2H3,(H,17,19). The highest BCUT2D eigenvalue weighted by Crippen LogP contribution is 2.34. The van der Waals surface area contributed by atoms with Crippen LogP contribution in [0, 0.1) is 0 Å². The predicted octanol–water partition coefficient (Wildman–Crippen LogP) is 1.29. The molecule has 1 aromatic rings. The molecular formula is C16H20N2O3. The molecule has 0 bridgehead atoms. The number of ether oxygens (including phenoxy) is 1. The summed E-state index contributed by atoms with van der Waals surface area (Å²) in [4.78, 5) is 26.0. The van der Waals surface area contributed by atoms with Crippen LogP contribution in [-0.4, -0.2) is 41.9 Å². The molecule has 5 nitrogen and oxygen atoms in total. The molecule has 0 aliphatic carbocycles. The molecule has 1 N–H and O–H groups in total. The average Bonchev–Trinajstić information content (AvgIpc) is 2.50. The van der Waals surface area contributed by atoms with Gasteiger partial charge in [-0.1, -0.05) is 18.2 Å². The molecule has 1 fully saturated rings. The summed E-state index contributed by atoms with van der Waals surface area (Å²) in [5.41, 5.74) is 1.13. The second-order valence-corrected chi connectivity index (χ2v) is 5.77. The first kappa shape index (κ1) is 13.9. The molecule has 2 amide bonds. The van der Waals surface area contributed by atoms with Gasteiger partial charge in [-0.05, 0) is 31.9 Å². The summed E-state index contributed by atoms with van der Waals surface area (Å²) in [6, 6.07) is 7.08. The van der Waals surface area contributed by atoms with Gasteiger partial charge in [0.1, 0.15) is 17.8 Å². The van der Waals surface area contributed by atoms with Gasteiger partial charge < -0.3 is 15.0 Å². The van der Waals surface area contributed by atoms with Crippen molar-refractivity contribution >= 4 is 11.8 Å². The minimum Gasteiger partial charge on any atom is -0.493 e. The van der Waals surface area contributed by atoms with Crippen molar-refractivity contribution in [2.24, 2.45) is 0 Å². The topological polar surface area (TPSA) is 58.6 Å². The maximum Gasteiger partial charge on any atom is 0.245 e. The van der Waals surface area contributed by atoms with Crippen molar-refractivity contribution < 1.29 is 14.3 Å². The number of nitrogens with one attached hydrogen (secondary N) is 1. The van der Waals surface area contributed by atoms with Crippen molar-refractivity contribution in [3.63, 3.8) is 0 Å². The Morgan fingerprint density at radius 3 is 2.86 bits per heavy atom. The quantitative estimate of drug-likeness (QED) is 0.892. The largest absolute Gasteiger partial charge is 0.493 e. The van der Waals surface area contributed by atoms with Crippen molar-refractivity contribution in [2.45, 2.75) is 38.3 Å². The Kier molecular flexibility index (Phi) is 3.57. The Morgan fingerprint density at radius 2 is 2.05 bits per heavy atom. The van der Waals surface area contributed by atoms with Crippen molar-refractivity contribution in [2.75, 3.05) is 13.2 Å². The Bertz CT molecular complexity index is 572. The van der Waals surface area contributed by atoms with E-state index in [1.165, 1.54) is 0 Å². The van der Waals surface area contributed by atoms with E-state index >= 15 is 0 Å². The van der Waals surface area contributed by atoms with Crippen molar-refractivity contribution in [3.05, 3.63) is 29.8 Å². The highest BCUT2D eigenvalue weighted by atomic mass is 16.5. The fourth-order valence-electron chi connectivity index (χ4n) is 3.07. The zero-order chi connectivity index (χ0) is 15.0. The normalized spacial score (nSPS) is 28.7. The SMILES string of the molecule is CC1NC(=O)C(C)N(CC2CCOc3ccccc32)C1=O. The van der Waals surface area contributed by atoms with E-state index in [1.54, 1.807) is 18.7 Å². The van der Waals surface area contributed by atoms with Crippen LogP contribution in [0.4, 0.5) is 0 Å². The minimum absolute atomic E-state index is 0.00827. The summed E-state index contributed by atoms with van der Waals surface area (Å²) >= 11 is 0. The molecule has 21 heavy (non-hydrogen) atoms. The number of fused-ring (bicyclic) bond motifs is 1. The molecule has 2 aliphatic rings. The van der Waals surface area contributed by atoms with Crippen LogP contribution >= 0.6 is 0 Å². The summed E-state index contributed by atoms with van der Waals surface area (Å²) < 4.78 is 5.66. The van der Waals surface area contributed by atoms with E-state index in [-0.39, 0.29) is 17.7 Å². The molecule has 3 rings (SSSR count). The van der Waals surface area contributed by atoms with Gasteiger partial charge in [-0.15, -0.1) is 0 Å². The van der Waals surface area contributed by atoms with E-state index in [4.69, 9.17) is 4.74 Å². The van der Waals surface area contributed by atoms with Gasteiger partial charge in [0.2, 0.25) is 11.8 Å². The Hall–Kier alpha value is -2.04. The maximum absolute atomic E-state index is 12.3. The zero-order valence-corrected chi connectivity index (χ0v) is 12.3. The third-order valence-corrected chi connectivity index (χ3v) is 4.36. The summed E-state index contributed by atoms with van der Waals surface area (Å²) in [6.45, 7) is 4.74. The fourth-order valence-corrected chi connectivity index (χ4v) is 3.07. The molecule has 2 aliphatic heterocycles. The third kappa shape index (κ3) is 2.48. The highest BCUT2D eigenvalue weighted by molar-refractivity contribution is 5.96. The van der Waals surface area contributed by atoms with E-state index < -0.39 is 12.1 Å². The molecule has 1 saturated heterocycles. The third-order valence-electron chi connectivity index (χ3n) is 4.36. The van der Waals surface area contributed by atoms with Crippen molar-refractivity contribution in [1.29, 1.82) is 0 Å².